The lowest BCUT2D eigenvalue weighted by atomic mass is 10.3. The molecular formula is C7H10BrFN2O. The van der Waals surface area contributed by atoms with Crippen LogP contribution in [0.25, 0.3) is 0 Å². The molecule has 1 rings (SSSR count). The van der Waals surface area contributed by atoms with E-state index in [4.69, 9.17) is 10.6 Å². The van der Waals surface area contributed by atoms with Gasteiger partial charge in [0, 0.05) is 6.07 Å². The zero-order valence-electron chi connectivity index (χ0n) is 6.50. The van der Waals surface area contributed by atoms with Crippen LogP contribution in [0.4, 0.5) is 10.1 Å². The van der Waals surface area contributed by atoms with E-state index in [1.807, 2.05) is 0 Å². The second-order valence-corrected chi connectivity index (χ2v) is 1.99. The summed E-state index contributed by atoms with van der Waals surface area (Å²) in [6.07, 6.45) is 0. The van der Waals surface area contributed by atoms with Crippen LogP contribution in [0.1, 0.15) is 0 Å². The van der Waals surface area contributed by atoms with Crippen molar-refractivity contribution in [2.45, 2.75) is 0 Å². The van der Waals surface area contributed by atoms with Gasteiger partial charge in [0.25, 0.3) is 0 Å². The van der Waals surface area contributed by atoms with Crippen molar-refractivity contribution in [2.75, 3.05) is 12.5 Å². The maximum atomic E-state index is 12.8. The number of nitrogen functional groups attached to an aromatic ring is 1. The molecule has 0 saturated heterocycles. The van der Waals surface area contributed by atoms with Gasteiger partial charge in [-0.25, -0.2) is 4.39 Å². The molecule has 0 bridgehead atoms. The van der Waals surface area contributed by atoms with E-state index in [2.05, 4.69) is 5.43 Å². The van der Waals surface area contributed by atoms with Crippen molar-refractivity contribution in [3.8, 4) is 5.75 Å². The third kappa shape index (κ3) is 2.35. The van der Waals surface area contributed by atoms with Gasteiger partial charge in [-0.05, 0) is 12.1 Å². The Kier molecular flexibility index (Phi) is 4.61. The van der Waals surface area contributed by atoms with Crippen LogP contribution < -0.4 is 16.0 Å². The topological polar surface area (TPSA) is 47.3 Å². The van der Waals surface area contributed by atoms with Crippen molar-refractivity contribution in [2.24, 2.45) is 5.84 Å². The summed E-state index contributed by atoms with van der Waals surface area (Å²) in [6.45, 7) is 0. The van der Waals surface area contributed by atoms with Gasteiger partial charge in [0.1, 0.15) is 5.75 Å². The normalized spacial score (nSPS) is 8.58. The number of ether oxygens (including phenoxy) is 1. The number of halogens is 2. The molecule has 0 unspecified atom stereocenters. The molecule has 0 aliphatic rings. The lowest BCUT2D eigenvalue weighted by Gasteiger charge is -2.03. The molecule has 5 heteroatoms. The average molecular weight is 237 g/mol. The summed E-state index contributed by atoms with van der Waals surface area (Å²) in [5.41, 5.74) is 2.47. The fourth-order valence-corrected chi connectivity index (χ4v) is 0.740. The van der Waals surface area contributed by atoms with Gasteiger partial charge in [-0.2, -0.15) is 0 Å². The lowest BCUT2D eigenvalue weighted by molar-refractivity contribution is 0.411. The number of hydrogen-bond donors (Lipinski definition) is 2. The predicted octanol–water partition coefficient (Wildman–Crippen LogP) is 1.70. The Bertz CT molecular complexity index is 257. The van der Waals surface area contributed by atoms with Crippen molar-refractivity contribution < 1.29 is 9.13 Å². The van der Waals surface area contributed by atoms with Crippen molar-refractivity contribution in [1.82, 2.24) is 0 Å². The Balaban J connectivity index is 0.00000121. The second-order valence-electron chi connectivity index (χ2n) is 1.99. The molecule has 3 nitrogen and oxygen atoms in total. The molecule has 0 amide bonds. The fourth-order valence-electron chi connectivity index (χ4n) is 0.740. The first-order chi connectivity index (χ1) is 5.27. The Morgan fingerprint density at radius 3 is 2.58 bits per heavy atom. The number of methoxy groups -OCH3 is 1. The first kappa shape index (κ1) is 11.2. The second kappa shape index (κ2) is 4.95. The molecule has 0 aliphatic carbocycles. The Hall–Kier alpha value is -0.810. The Morgan fingerprint density at radius 1 is 1.50 bits per heavy atom. The van der Waals surface area contributed by atoms with E-state index in [1.165, 1.54) is 19.2 Å². The highest BCUT2D eigenvalue weighted by molar-refractivity contribution is 8.93. The maximum Gasteiger partial charge on any atom is 0.151 e. The molecule has 0 radical (unpaired) electrons. The molecule has 0 fully saturated rings. The summed E-state index contributed by atoms with van der Waals surface area (Å²) in [6, 6.07) is 4.39. The van der Waals surface area contributed by atoms with Crippen LogP contribution in [0.3, 0.4) is 0 Å². The molecule has 1 aromatic carbocycles. The van der Waals surface area contributed by atoms with Crippen LogP contribution in [-0.2, 0) is 0 Å². The minimum atomic E-state index is -0.424. The largest absolute Gasteiger partial charge is 0.497 e. The summed E-state index contributed by atoms with van der Waals surface area (Å²) >= 11 is 0. The zero-order valence-corrected chi connectivity index (χ0v) is 8.22. The Morgan fingerprint density at radius 2 is 2.17 bits per heavy atom. The van der Waals surface area contributed by atoms with Gasteiger partial charge in [-0.1, -0.05) is 0 Å². The molecule has 0 spiro atoms. The van der Waals surface area contributed by atoms with Gasteiger partial charge in [0.15, 0.2) is 5.82 Å². The summed E-state index contributed by atoms with van der Waals surface area (Å²) in [7, 11) is 1.48. The summed E-state index contributed by atoms with van der Waals surface area (Å²) < 4.78 is 17.6. The minimum Gasteiger partial charge on any atom is -0.497 e. The highest BCUT2D eigenvalue weighted by Gasteiger charge is 2.00. The monoisotopic (exact) mass is 236 g/mol. The molecule has 0 aliphatic heterocycles. The first-order valence-electron chi connectivity index (χ1n) is 3.08. The quantitative estimate of drug-likeness (QED) is 0.607. The molecule has 0 saturated carbocycles. The van der Waals surface area contributed by atoms with Crippen LogP contribution in [0.5, 0.6) is 5.75 Å². The molecule has 1 aromatic rings. The van der Waals surface area contributed by atoms with Gasteiger partial charge in [0.2, 0.25) is 0 Å². The molecule has 68 valence electrons. The summed E-state index contributed by atoms with van der Waals surface area (Å²) in [5.74, 6) is 5.06. The van der Waals surface area contributed by atoms with Gasteiger partial charge in [-0.3, -0.25) is 5.84 Å². The van der Waals surface area contributed by atoms with E-state index in [1.54, 1.807) is 6.07 Å². The minimum absolute atomic E-state index is 0. The number of hydrogen-bond acceptors (Lipinski definition) is 3. The lowest BCUT2D eigenvalue weighted by Crippen LogP contribution is -2.08. The third-order valence-corrected chi connectivity index (χ3v) is 1.33. The SMILES string of the molecule is Br.COc1ccc(NN)c(F)c1. The molecule has 0 aromatic heterocycles. The van der Waals surface area contributed by atoms with Crippen molar-refractivity contribution in [3.05, 3.63) is 24.0 Å². The van der Waals surface area contributed by atoms with Crippen molar-refractivity contribution in [3.63, 3.8) is 0 Å². The summed E-state index contributed by atoms with van der Waals surface area (Å²) in [4.78, 5) is 0. The number of nitrogens with one attached hydrogen (secondary N) is 1. The molecule has 3 N–H and O–H groups in total. The van der Waals surface area contributed by atoms with Crippen molar-refractivity contribution >= 4 is 22.7 Å². The zero-order chi connectivity index (χ0) is 8.27. The van der Waals surface area contributed by atoms with Gasteiger partial charge < -0.3 is 10.2 Å². The van der Waals surface area contributed by atoms with Gasteiger partial charge in [-0.15, -0.1) is 17.0 Å². The number of anilines is 1. The van der Waals surface area contributed by atoms with E-state index in [9.17, 15) is 4.39 Å². The van der Waals surface area contributed by atoms with Crippen LogP contribution in [0.15, 0.2) is 18.2 Å². The average Bonchev–Trinajstić information content (AvgIpc) is 2.04. The third-order valence-electron chi connectivity index (χ3n) is 1.33. The molecule has 0 atom stereocenters. The van der Waals surface area contributed by atoms with E-state index >= 15 is 0 Å². The first-order valence-corrected chi connectivity index (χ1v) is 3.08. The molecule has 12 heavy (non-hydrogen) atoms. The van der Waals surface area contributed by atoms with Gasteiger partial charge >= 0.3 is 0 Å². The Labute approximate surface area is 80.4 Å². The predicted molar refractivity (Wildman–Crippen MR) is 51.1 cm³/mol. The van der Waals surface area contributed by atoms with E-state index in [-0.39, 0.29) is 22.7 Å². The summed E-state index contributed by atoms with van der Waals surface area (Å²) in [5, 5.41) is 0. The van der Waals surface area contributed by atoms with Crippen LogP contribution in [0.2, 0.25) is 0 Å². The van der Waals surface area contributed by atoms with Crippen LogP contribution >= 0.6 is 17.0 Å². The van der Waals surface area contributed by atoms with Crippen LogP contribution in [-0.4, -0.2) is 7.11 Å². The van der Waals surface area contributed by atoms with E-state index < -0.39 is 5.82 Å². The standard InChI is InChI=1S/C7H9FN2O.BrH/c1-11-5-2-3-7(10-9)6(8)4-5;/h2-4,10H,9H2,1H3;1H. The highest BCUT2D eigenvalue weighted by atomic mass is 79.9. The molecule has 0 heterocycles. The smallest absolute Gasteiger partial charge is 0.151 e. The number of nitrogens with two attached hydrogens (primary N) is 1. The van der Waals surface area contributed by atoms with Crippen molar-refractivity contribution in [1.29, 1.82) is 0 Å². The highest BCUT2D eigenvalue weighted by Crippen LogP contribution is 2.18. The van der Waals surface area contributed by atoms with Gasteiger partial charge in [0.05, 0.1) is 12.8 Å². The molecular weight excluding hydrogens is 227 g/mol. The number of hydrazine groups is 1. The van der Waals surface area contributed by atoms with E-state index in [0.717, 1.165) is 0 Å². The number of benzene rings is 1. The fraction of sp³-hybridized carbons (Fsp3) is 0.143. The van der Waals surface area contributed by atoms with E-state index in [0.29, 0.717) is 5.75 Å². The van der Waals surface area contributed by atoms with Crippen LogP contribution in [0, 0.1) is 5.82 Å². The number of rotatable bonds is 2. The maximum absolute atomic E-state index is 12.8.